The topological polar surface area (TPSA) is 30.7 Å². The number of pyridine rings is 1. The van der Waals surface area contributed by atoms with Crippen LogP contribution in [0.4, 0.5) is 0 Å². The van der Waals surface area contributed by atoms with Gasteiger partial charge in [-0.3, -0.25) is 4.98 Å². The van der Waals surface area contributed by atoms with Gasteiger partial charge >= 0.3 is 0 Å². The van der Waals surface area contributed by atoms with Crippen LogP contribution in [0, 0.1) is 18.1 Å². The molecule has 3 aromatic carbocycles. The second-order valence-corrected chi connectivity index (χ2v) is 13.0. The van der Waals surface area contributed by atoms with Crippen molar-refractivity contribution < 1.29 is 20.1 Å². The fourth-order valence-electron chi connectivity index (χ4n) is 7.31. The van der Waals surface area contributed by atoms with Crippen LogP contribution in [0.3, 0.4) is 0 Å². The molecular formula is C38H37IrN3-2. The van der Waals surface area contributed by atoms with Crippen molar-refractivity contribution in [2.24, 2.45) is 5.92 Å². The van der Waals surface area contributed by atoms with E-state index in [1.807, 2.05) is 30.5 Å². The number of para-hydroxylation sites is 1. The normalized spacial score (nSPS) is 17.8. The van der Waals surface area contributed by atoms with Crippen molar-refractivity contribution in [2.75, 3.05) is 0 Å². The van der Waals surface area contributed by atoms with Crippen molar-refractivity contribution in [2.45, 2.75) is 70.8 Å². The number of benzene rings is 3. The van der Waals surface area contributed by atoms with E-state index in [0.29, 0.717) is 5.92 Å². The van der Waals surface area contributed by atoms with E-state index in [9.17, 15) is 0 Å². The quantitative estimate of drug-likeness (QED) is 0.170. The van der Waals surface area contributed by atoms with Crippen LogP contribution < -0.4 is 0 Å². The summed E-state index contributed by atoms with van der Waals surface area (Å²) in [6, 6.07) is 31.9. The molecule has 5 aromatic rings. The predicted octanol–water partition coefficient (Wildman–Crippen LogP) is 9.21. The SMILES string of the molecule is CC1(C)C=C(C2CCCC2)c2cccc3nc(-c4[c-]cccc4)n1c23.CC1(C)Cc2cccnc2-c2[c-]cccc21.[Ir]. The number of hydrogen-bond donors (Lipinski definition) is 0. The van der Waals surface area contributed by atoms with Crippen molar-refractivity contribution in [3.8, 4) is 22.6 Å². The van der Waals surface area contributed by atoms with Gasteiger partial charge in [0.05, 0.1) is 22.4 Å². The maximum Gasteiger partial charge on any atom is 0.0777 e. The molecule has 1 saturated carbocycles. The molecule has 0 amide bonds. The van der Waals surface area contributed by atoms with Crippen molar-refractivity contribution in [1.29, 1.82) is 0 Å². The summed E-state index contributed by atoms with van der Waals surface area (Å²) in [5, 5.41) is 0. The van der Waals surface area contributed by atoms with E-state index in [4.69, 9.17) is 4.98 Å². The molecule has 1 radical (unpaired) electrons. The van der Waals surface area contributed by atoms with Crippen LogP contribution in [0.2, 0.25) is 0 Å². The van der Waals surface area contributed by atoms with Crippen molar-refractivity contribution >= 4 is 16.6 Å². The predicted molar refractivity (Wildman–Crippen MR) is 169 cm³/mol. The largest absolute Gasteiger partial charge is 0.355 e. The molecule has 1 aliphatic heterocycles. The Hall–Kier alpha value is -3.33. The maximum atomic E-state index is 5.01. The van der Waals surface area contributed by atoms with E-state index in [2.05, 4.69) is 104 Å². The number of allylic oxidation sites excluding steroid dienone is 2. The van der Waals surface area contributed by atoms with Gasteiger partial charge in [-0.25, -0.2) is 0 Å². The van der Waals surface area contributed by atoms with E-state index < -0.39 is 0 Å². The first kappa shape index (κ1) is 28.8. The smallest absolute Gasteiger partial charge is 0.0777 e. The van der Waals surface area contributed by atoms with Gasteiger partial charge in [-0.05, 0) is 67.8 Å². The van der Waals surface area contributed by atoms with Crippen LogP contribution in [-0.2, 0) is 37.5 Å². The van der Waals surface area contributed by atoms with Crippen molar-refractivity contribution in [1.82, 2.24) is 14.5 Å². The van der Waals surface area contributed by atoms with Crippen LogP contribution in [-0.4, -0.2) is 14.5 Å². The van der Waals surface area contributed by atoms with Crippen molar-refractivity contribution in [3.63, 3.8) is 0 Å². The van der Waals surface area contributed by atoms with Crippen LogP contribution in [0.1, 0.15) is 70.1 Å². The average Bonchev–Trinajstić information content (AvgIpc) is 3.66. The number of fused-ring (bicyclic) bond motifs is 3. The van der Waals surface area contributed by atoms with Crippen LogP contribution in [0.15, 0.2) is 85.1 Å². The van der Waals surface area contributed by atoms with Crippen molar-refractivity contribution in [3.05, 3.63) is 114 Å². The molecular weight excluding hydrogens is 691 g/mol. The Bertz CT molecular complexity index is 1770. The molecule has 42 heavy (non-hydrogen) atoms. The summed E-state index contributed by atoms with van der Waals surface area (Å²) in [5.74, 6) is 1.73. The molecule has 4 heteroatoms. The Kier molecular flexibility index (Phi) is 7.58. The van der Waals surface area contributed by atoms with Gasteiger partial charge in [0.25, 0.3) is 0 Å². The van der Waals surface area contributed by atoms with Gasteiger partial charge in [0.15, 0.2) is 0 Å². The minimum Gasteiger partial charge on any atom is -0.355 e. The zero-order chi connectivity index (χ0) is 28.2. The second kappa shape index (κ2) is 11.1. The fraction of sp³-hybridized carbons (Fsp3) is 0.316. The Balaban J connectivity index is 0.000000161. The first-order valence-corrected chi connectivity index (χ1v) is 15.0. The molecule has 0 bridgehead atoms. The number of aromatic nitrogens is 3. The summed E-state index contributed by atoms with van der Waals surface area (Å²) in [5.41, 5.74) is 11.5. The standard InChI is InChI=1S/C23H23N2.C15H14N.Ir/c1-23(2)15-19(16-9-6-7-10-16)18-13-8-14-20-21(18)25(23)22(24-20)17-11-4-3-5-12-17;1-15(2)10-11-6-5-9-16-14(11)12-7-3-4-8-13(12)15;/h3-5,8,11,13-16H,6-7,9-10H2,1-2H3;3-6,8-9H,10H2,1-2H3;/q2*-1;. The van der Waals surface area contributed by atoms with Gasteiger partial charge in [-0.15, -0.1) is 71.3 Å². The van der Waals surface area contributed by atoms with Gasteiger partial charge in [0.2, 0.25) is 0 Å². The number of hydrogen-bond acceptors (Lipinski definition) is 2. The zero-order valence-electron chi connectivity index (χ0n) is 24.9. The Labute approximate surface area is 263 Å². The van der Waals surface area contributed by atoms with Gasteiger partial charge in [-0.2, -0.15) is 0 Å². The third-order valence-electron chi connectivity index (χ3n) is 9.16. The molecule has 1 fully saturated rings. The Morgan fingerprint density at radius 1 is 0.857 bits per heavy atom. The van der Waals surface area contributed by atoms with Gasteiger partial charge in [0, 0.05) is 31.9 Å². The molecule has 2 aromatic heterocycles. The summed E-state index contributed by atoms with van der Waals surface area (Å²) in [4.78, 5) is 9.50. The molecule has 3 nitrogen and oxygen atoms in total. The van der Waals surface area contributed by atoms with Crippen LogP contribution >= 0.6 is 0 Å². The molecule has 2 aliphatic carbocycles. The summed E-state index contributed by atoms with van der Waals surface area (Å²) in [7, 11) is 0. The molecule has 0 saturated heterocycles. The van der Waals surface area contributed by atoms with E-state index in [0.717, 1.165) is 29.0 Å². The van der Waals surface area contributed by atoms with E-state index in [1.165, 1.54) is 53.5 Å². The van der Waals surface area contributed by atoms with Gasteiger partial charge in [-0.1, -0.05) is 56.5 Å². The monoisotopic (exact) mass is 728 g/mol. The third-order valence-corrected chi connectivity index (χ3v) is 9.16. The minimum atomic E-state index is -0.0833. The van der Waals surface area contributed by atoms with E-state index in [1.54, 1.807) is 5.57 Å². The minimum absolute atomic E-state index is 0. The first-order chi connectivity index (χ1) is 19.8. The number of nitrogens with zero attached hydrogens (tertiary/aromatic N) is 3. The summed E-state index contributed by atoms with van der Waals surface area (Å²) >= 11 is 0. The maximum absolute atomic E-state index is 5.01. The number of imidazole rings is 1. The number of rotatable bonds is 2. The van der Waals surface area contributed by atoms with Gasteiger partial charge in [0.1, 0.15) is 0 Å². The Morgan fingerprint density at radius 2 is 1.67 bits per heavy atom. The molecule has 0 spiro atoms. The molecule has 8 rings (SSSR count). The fourth-order valence-corrected chi connectivity index (χ4v) is 7.31. The molecule has 0 atom stereocenters. The first-order valence-electron chi connectivity index (χ1n) is 15.0. The van der Waals surface area contributed by atoms with Crippen LogP contribution in [0.5, 0.6) is 0 Å². The van der Waals surface area contributed by atoms with E-state index in [-0.39, 0.29) is 31.1 Å². The van der Waals surface area contributed by atoms with Crippen LogP contribution in [0.25, 0.3) is 39.3 Å². The summed E-state index contributed by atoms with van der Waals surface area (Å²) < 4.78 is 2.42. The summed E-state index contributed by atoms with van der Waals surface area (Å²) in [6.45, 7) is 9.20. The molecule has 0 N–H and O–H groups in total. The molecule has 3 heterocycles. The molecule has 215 valence electrons. The third kappa shape index (κ3) is 4.89. The van der Waals surface area contributed by atoms with E-state index >= 15 is 0 Å². The summed E-state index contributed by atoms with van der Waals surface area (Å²) in [6.07, 6.45) is 10.8. The average molecular weight is 728 g/mol. The Morgan fingerprint density at radius 3 is 2.45 bits per heavy atom. The molecule has 0 unspecified atom stereocenters. The van der Waals surface area contributed by atoms with Gasteiger partial charge < -0.3 is 9.55 Å². The zero-order valence-corrected chi connectivity index (χ0v) is 27.3. The molecule has 3 aliphatic rings. The second-order valence-electron chi connectivity index (χ2n) is 13.0.